The number of aliphatic hydroxyl groups excluding tert-OH is 2. The molecular formula is C52H91NO3. The highest BCUT2D eigenvalue weighted by Gasteiger charge is 2.17. The van der Waals surface area contributed by atoms with Crippen molar-refractivity contribution in [1.82, 2.24) is 5.32 Å². The monoisotopic (exact) mass is 778 g/mol. The van der Waals surface area contributed by atoms with Crippen LogP contribution in [0.3, 0.4) is 0 Å². The van der Waals surface area contributed by atoms with Crippen LogP contribution in [0.5, 0.6) is 0 Å². The van der Waals surface area contributed by atoms with Gasteiger partial charge in [0.1, 0.15) is 0 Å². The number of hydrogen-bond donors (Lipinski definition) is 3. The number of hydrogen-bond acceptors (Lipinski definition) is 3. The molecule has 0 aromatic heterocycles. The van der Waals surface area contributed by atoms with E-state index >= 15 is 0 Å². The summed E-state index contributed by atoms with van der Waals surface area (Å²) in [6, 6.07) is -0.698. The number of amides is 1. The van der Waals surface area contributed by atoms with Gasteiger partial charge in [0, 0.05) is 6.42 Å². The molecule has 56 heavy (non-hydrogen) atoms. The van der Waals surface area contributed by atoms with Gasteiger partial charge in [-0.25, -0.2) is 0 Å². The first-order chi connectivity index (χ1) is 27.7. The van der Waals surface area contributed by atoms with Crippen molar-refractivity contribution < 1.29 is 15.0 Å². The molecule has 0 spiro atoms. The summed E-state index contributed by atoms with van der Waals surface area (Å²) in [7, 11) is 0. The van der Waals surface area contributed by atoms with Crippen LogP contribution in [-0.4, -0.2) is 34.9 Å². The molecule has 3 N–H and O–H groups in total. The molecule has 4 nitrogen and oxygen atoms in total. The van der Waals surface area contributed by atoms with Gasteiger partial charge in [-0.2, -0.15) is 0 Å². The normalized spacial score (nSPS) is 13.7. The van der Waals surface area contributed by atoms with Crippen LogP contribution in [0.4, 0.5) is 0 Å². The number of carbonyl (C=O) groups excluding carboxylic acids is 1. The summed E-state index contributed by atoms with van der Waals surface area (Å²) in [5, 5.41) is 22.9. The number of rotatable bonds is 42. The van der Waals surface area contributed by atoms with E-state index in [4.69, 9.17) is 0 Å². The second-order valence-corrected chi connectivity index (χ2v) is 15.8. The average molecular weight is 778 g/mol. The van der Waals surface area contributed by atoms with Crippen LogP contribution < -0.4 is 5.32 Å². The second kappa shape index (κ2) is 46.9. The fraction of sp³-hybridized carbons (Fsp3) is 0.712. The number of carbonyl (C=O) groups is 1. The third-order valence-corrected chi connectivity index (χ3v) is 10.4. The summed E-state index contributed by atoms with van der Waals surface area (Å²) in [6.07, 6.45) is 68.9. The lowest BCUT2D eigenvalue weighted by Crippen LogP contribution is -2.44. The summed E-state index contributed by atoms with van der Waals surface area (Å²) >= 11 is 0. The lowest BCUT2D eigenvalue weighted by atomic mass is 10.0. The Morgan fingerprint density at radius 1 is 0.446 bits per heavy atom. The Kier molecular flexibility index (Phi) is 44.9. The minimum Gasteiger partial charge on any atom is -0.394 e. The zero-order chi connectivity index (χ0) is 40.7. The predicted molar refractivity (Wildman–Crippen MR) is 248 cm³/mol. The van der Waals surface area contributed by atoms with Gasteiger partial charge >= 0.3 is 0 Å². The third kappa shape index (κ3) is 42.7. The Morgan fingerprint density at radius 3 is 1.21 bits per heavy atom. The van der Waals surface area contributed by atoms with Crippen molar-refractivity contribution in [3.05, 3.63) is 85.1 Å². The maximum Gasteiger partial charge on any atom is 0.224 e. The maximum atomic E-state index is 12.3. The zero-order valence-corrected chi connectivity index (χ0v) is 36.9. The van der Waals surface area contributed by atoms with Crippen LogP contribution in [-0.2, 0) is 4.79 Å². The molecule has 0 rings (SSSR count). The molecule has 2 atom stereocenters. The number of allylic oxidation sites excluding steroid dienone is 12. The van der Waals surface area contributed by atoms with E-state index in [0.717, 1.165) is 51.4 Å². The van der Waals surface area contributed by atoms with E-state index in [1.807, 2.05) is 18.2 Å². The molecule has 0 bridgehead atoms. The van der Waals surface area contributed by atoms with E-state index in [9.17, 15) is 15.0 Å². The minimum absolute atomic E-state index is 0.202. The van der Waals surface area contributed by atoms with Crippen molar-refractivity contribution in [2.75, 3.05) is 6.61 Å². The van der Waals surface area contributed by atoms with Crippen LogP contribution in [0.25, 0.3) is 0 Å². The molecule has 322 valence electrons. The van der Waals surface area contributed by atoms with E-state index < -0.39 is 12.1 Å². The summed E-state index contributed by atoms with van der Waals surface area (Å²) in [5.74, 6) is -0.202. The smallest absolute Gasteiger partial charge is 0.224 e. The summed E-state index contributed by atoms with van der Waals surface area (Å²) in [6.45, 7) is 4.14. The molecule has 2 unspecified atom stereocenters. The fourth-order valence-electron chi connectivity index (χ4n) is 6.79. The van der Waals surface area contributed by atoms with Gasteiger partial charge in [0.15, 0.2) is 0 Å². The molecule has 0 aliphatic carbocycles. The van der Waals surface area contributed by atoms with E-state index in [1.54, 1.807) is 6.08 Å². The maximum absolute atomic E-state index is 12.3. The predicted octanol–water partition coefficient (Wildman–Crippen LogP) is 15.2. The molecule has 0 aromatic rings. The van der Waals surface area contributed by atoms with Crippen molar-refractivity contribution in [3.8, 4) is 0 Å². The number of aliphatic hydroxyl groups is 2. The average Bonchev–Trinajstić information content (AvgIpc) is 3.20. The van der Waals surface area contributed by atoms with Gasteiger partial charge in [0.25, 0.3) is 0 Å². The molecule has 0 aliphatic heterocycles. The van der Waals surface area contributed by atoms with E-state index in [1.165, 1.54) is 148 Å². The molecule has 0 aromatic carbocycles. The van der Waals surface area contributed by atoms with Gasteiger partial charge in [0.05, 0.1) is 18.8 Å². The van der Waals surface area contributed by atoms with Crippen LogP contribution in [0.1, 0.15) is 219 Å². The summed E-state index contributed by atoms with van der Waals surface area (Å²) < 4.78 is 0. The Labute approximate surface area is 348 Å². The van der Waals surface area contributed by atoms with Gasteiger partial charge in [-0.15, -0.1) is 0 Å². The van der Waals surface area contributed by atoms with Gasteiger partial charge in [-0.1, -0.05) is 240 Å². The first-order valence-corrected chi connectivity index (χ1v) is 23.8. The zero-order valence-electron chi connectivity index (χ0n) is 36.9. The standard InChI is InChI=1S/C52H91NO3/c1-3-5-7-9-11-13-15-17-19-20-21-22-23-24-25-26-27-28-29-30-31-32-34-35-37-39-41-43-45-47-51(55)50(49-54)53-52(56)48-46-44-42-40-38-36-33-18-16-14-12-10-8-6-4-2/h6,8,12,14,18,33,37-40,44-47,50-51,54-55H,3-5,7,9-11,13,15-17,19-32,34-36,41-43,48-49H2,1-2H3,(H,53,56)/b8-6-,14-12-,33-18-,39-37+,40-38-,46-44-,47-45+. The lowest BCUT2D eigenvalue weighted by Gasteiger charge is -2.19. The molecule has 4 heteroatoms. The van der Waals surface area contributed by atoms with Crippen LogP contribution in [0.2, 0.25) is 0 Å². The van der Waals surface area contributed by atoms with Crippen molar-refractivity contribution in [2.24, 2.45) is 0 Å². The lowest BCUT2D eigenvalue weighted by molar-refractivity contribution is -0.122. The van der Waals surface area contributed by atoms with Gasteiger partial charge < -0.3 is 15.5 Å². The summed E-state index contributed by atoms with van der Waals surface area (Å²) in [4.78, 5) is 12.3. The number of nitrogens with one attached hydrogen (secondary N) is 1. The topological polar surface area (TPSA) is 69.6 Å². The molecule has 0 aliphatic rings. The molecule has 0 saturated carbocycles. The SMILES string of the molecule is CC/C=C\C/C=C\C/C=C\C/C=C\C/C=C\CC(=O)NC(CO)C(O)/C=C/CC/C=C/CCCCCCCCCCCCCCCCCCCCCCCCC. The molecule has 0 heterocycles. The molecule has 0 saturated heterocycles. The highest BCUT2D eigenvalue weighted by Crippen LogP contribution is 2.16. The van der Waals surface area contributed by atoms with Gasteiger partial charge in [-0.3, -0.25) is 4.79 Å². The second-order valence-electron chi connectivity index (χ2n) is 15.8. The molecule has 1 amide bonds. The summed E-state index contributed by atoms with van der Waals surface area (Å²) in [5.41, 5.74) is 0. The molecular weight excluding hydrogens is 687 g/mol. The highest BCUT2D eigenvalue weighted by molar-refractivity contribution is 5.77. The van der Waals surface area contributed by atoms with Crippen LogP contribution in [0.15, 0.2) is 85.1 Å². The Balaban J connectivity index is 3.63. The van der Waals surface area contributed by atoms with Gasteiger partial charge in [0.2, 0.25) is 5.91 Å². The largest absolute Gasteiger partial charge is 0.394 e. The number of unbranched alkanes of at least 4 members (excludes halogenated alkanes) is 24. The van der Waals surface area contributed by atoms with Crippen molar-refractivity contribution in [2.45, 2.75) is 231 Å². The molecule has 0 radical (unpaired) electrons. The third-order valence-electron chi connectivity index (χ3n) is 10.4. The highest BCUT2D eigenvalue weighted by atomic mass is 16.3. The quantitative estimate of drug-likeness (QED) is 0.0427. The van der Waals surface area contributed by atoms with E-state index in [0.29, 0.717) is 0 Å². The Bertz CT molecular complexity index is 1020. The fourth-order valence-corrected chi connectivity index (χ4v) is 6.79. The van der Waals surface area contributed by atoms with E-state index in [2.05, 4.69) is 79.9 Å². The Hall–Kier alpha value is -2.43. The van der Waals surface area contributed by atoms with Crippen LogP contribution in [0, 0.1) is 0 Å². The van der Waals surface area contributed by atoms with Crippen molar-refractivity contribution in [1.29, 1.82) is 0 Å². The van der Waals surface area contributed by atoms with Crippen molar-refractivity contribution in [3.63, 3.8) is 0 Å². The first-order valence-electron chi connectivity index (χ1n) is 23.8. The minimum atomic E-state index is -0.907. The van der Waals surface area contributed by atoms with Crippen LogP contribution >= 0.6 is 0 Å². The van der Waals surface area contributed by atoms with E-state index in [-0.39, 0.29) is 18.9 Å². The first kappa shape index (κ1) is 53.6. The van der Waals surface area contributed by atoms with Gasteiger partial charge in [-0.05, 0) is 57.8 Å². The Morgan fingerprint density at radius 2 is 0.804 bits per heavy atom. The van der Waals surface area contributed by atoms with Crippen molar-refractivity contribution >= 4 is 5.91 Å². The molecule has 0 fully saturated rings.